The van der Waals surface area contributed by atoms with E-state index >= 15 is 0 Å². The first-order valence-electron chi connectivity index (χ1n) is 12.7. The van der Waals surface area contributed by atoms with Gasteiger partial charge in [-0.25, -0.2) is 0 Å². The molecule has 34 heavy (non-hydrogen) atoms. The van der Waals surface area contributed by atoms with Crippen molar-refractivity contribution in [1.29, 1.82) is 0 Å². The molecule has 0 radical (unpaired) electrons. The lowest BCUT2D eigenvalue weighted by atomic mass is 9.94. The lowest BCUT2D eigenvalue weighted by molar-refractivity contribution is -0.134. The van der Waals surface area contributed by atoms with Gasteiger partial charge < -0.3 is 25.0 Å². The summed E-state index contributed by atoms with van der Waals surface area (Å²) in [5.74, 6) is 1.10. The SMILES string of the molecule is CN1C(=O)c2cc(NC(=O)C3CCCC3)ccc2OC[C@@H]2O[C@@H](CC(=O)NCC3CC3)CC[C@H]21. The Balaban J connectivity index is 1.23. The van der Waals surface area contributed by atoms with Gasteiger partial charge in [-0.1, -0.05) is 12.8 Å². The third-order valence-electron chi connectivity index (χ3n) is 7.70. The molecular weight excluding hydrogens is 434 g/mol. The number of anilines is 1. The van der Waals surface area contributed by atoms with E-state index < -0.39 is 0 Å². The topological polar surface area (TPSA) is 97.0 Å². The zero-order chi connectivity index (χ0) is 23.7. The van der Waals surface area contributed by atoms with Crippen LogP contribution >= 0.6 is 0 Å². The molecule has 2 saturated carbocycles. The third kappa shape index (κ3) is 5.22. The van der Waals surface area contributed by atoms with Crippen molar-refractivity contribution in [3.63, 3.8) is 0 Å². The minimum Gasteiger partial charge on any atom is -0.490 e. The van der Waals surface area contributed by atoms with Crippen molar-refractivity contribution in [3.8, 4) is 5.75 Å². The molecule has 0 unspecified atom stereocenters. The molecule has 1 saturated heterocycles. The summed E-state index contributed by atoms with van der Waals surface area (Å²) >= 11 is 0. The minimum atomic E-state index is -0.293. The number of amides is 3. The van der Waals surface area contributed by atoms with Crippen LogP contribution < -0.4 is 15.4 Å². The van der Waals surface area contributed by atoms with E-state index in [4.69, 9.17) is 9.47 Å². The molecule has 1 aromatic carbocycles. The molecule has 2 heterocycles. The number of likely N-dealkylation sites (N-methyl/N-ethyl adjacent to an activating group) is 1. The van der Waals surface area contributed by atoms with E-state index in [0.717, 1.165) is 45.1 Å². The van der Waals surface area contributed by atoms with Crippen LogP contribution in [0.25, 0.3) is 0 Å². The van der Waals surface area contributed by atoms with Crippen LogP contribution in [0, 0.1) is 11.8 Å². The van der Waals surface area contributed by atoms with Gasteiger partial charge in [0.05, 0.1) is 24.1 Å². The minimum absolute atomic E-state index is 0.0259. The molecule has 5 rings (SSSR count). The van der Waals surface area contributed by atoms with Crippen molar-refractivity contribution in [3.05, 3.63) is 23.8 Å². The van der Waals surface area contributed by atoms with E-state index in [1.54, 1.807) is 30.1 Å². The van der Waals surface area contributed by atoms with Crippen LogP contribution in [0.1, 0.15) is 68.1 Å². The maximum absolute atomic E-state index is 13.4. The number of hydrogen-bond donors (Lipinski definition) is 2. The summed E-state index contributed by atoms with van der Waals surface area (Å²) in [6, 6.07) is 5.13. The van der Waals surface area contributed by atoms with Crippen LogP contribution in [-0.2, 0) is 14.3 Å². The van der Waals surface area contributed by atoms with Gasteiger partial charge in [-0.3, -0.25) is 14.4 Å². The van der Waals surface area contributed by atoms with E-state index in [1.165, 1.54) is 12.8 Å². The van der Waals surface area contributed by atoms with Crippen LogP contribution in [0.15, 0.2) is 18.2 Å². The first-order valence-corrected chi connectivity index (χ1v) is 12.7. The molecule has 8 heteroatoms. The molecule has 3 atom stereocenters. The fraction of sp³-hybridized carbons (Fsp3) is 0.654. The zero-order valence-corrected chi connectivity index (χ0v) is 19.9. The second kappa shape index (κ2) is 9.94. The Kier molecular flexibility index (Phi) is 6.77. The number of nitrogens with one attached hydrogen (secondary N) is 2. The van der Waals surface area contributed by atoms with Crippen molar-refractivity contribution < 1.29 is 23.9 Å². The average molecular weight is 470 g/mol. The Hall–Kier alpha value is -2.61. The molecule has 1 aromatic rings. The molecular formula is C26H35N3O5. The molecule has 2 aliphatic carbocycles. The van der Waals surface area contributed by atoms with Crippen LogP contribution in [0.2, 0.25) is 0 Å². The lowest BCUT2D eigenvalue weighted by Gasteiger charge is -2.42. The summed E-state index contributed by atoms with van der Waals surface area (Å²) in [5.41, 5.74) is 1.07. The van der Waals surface area contributed by atoms with E-state index in [0.29, 0.717) is 35.9 Å². The molecule has 0 bridgehead atoms. The molecule has 4 aliphatic rings. The summed E-state index contributed by atoms with van der Waals surface area (Å²) in [6.07, 6.45) is 7.81. The molecule has 2 N–H and O–H groups in total. The maximum Gasteiger partial charge on any atom is 0.257 e. The van der Waals surface area contributed by atoms with Gasteiger partial charge in [0.2, 0.25) is 11.8 Å². The number of nitrogens with zero attached hydrogens (tertiary/aromatic N) is 1. The second-order valence-corrected chi connectivity index (χ2v) is 10.3. The predicted octanol–water partition coefficient (Wildman–Crippen LogP) is 3.11. The predicted molar refractivity (Wildman–Crippen MR) is 127 cm³/mol. The zero-order valence-electron chi connectivity index (χ0n) is 19.9. The number of hydrogen-bond acceptors (Lipinski definition) is 5. The highest BCUT2D eigenvalue weighted by Gasteiger charge is 2.39. The van der Waals surface area contributed by atoms with Gasteiger partial charge in [-0.15, -0.1) is 0 Å². The van der Waals surface area contributed by atoms with Gasteiger partial charge in [0.1, 0.15) is 18.5 Å². The van der Waals surface area contributed by atoms with E-state index in [2.05, 4.69) is 10.6 Å². The van der Waals surface area contributed by atoms with Crippen LogP contribution in [0.3, 0.4) is 0 Å². The number of ether oxygens (including phenoxy) is 2. The van der Waals surface area contributed by atoms with E-state index in [9.17, 15) is 14.4 Å². The highest BCUT2D eigenvalue weighted by Crippen LogP contribution is 2.33. The standard InChI is InChI=1S/C26H35N3O5/c1-29-21-10-9-19(13-24(30)27-14-16-6-7-16)34-23(21)15-33-22-11-8-18(12-20(22)26(29)32)28-25(31)17-4-2-3-5-17/h8,11-12,16-17,19,21,23H,2-7,9-10,13-15H2,1H3,(H,27,30)(H,28,31)/t19-,21-,23+/m1/s1. The van der Waals surface area contributed by atoms with Crippen molar-refractivity contribution in [2.24, 2.45) is 11.8 Å². The number of carbonyl (C=O) groups excluding carboxylic acids is 3. The summed E-state index contributed by atoms with van der Waals surface area (Å²) in [6.45, 7) is 1.07. The number of carbonyl (C=O) groups is 3. The smallest absolute Gasteiger partial charge is 0.257 e. The van der Waals surface area contributed by atoms with Gasteiger partial charge >= 0.3 is 0 Å². The van der Waals surface area contributed by atoms with Crippen molar-refractivity contribution in [1.82, 2.24) is 10.2 Å². The maximum atomic E-state index is 13.4. The fourth-order valence-electron chi connectivity index (χ4n) is 5.40. The Morgan fingerprint density at radius 3 is 2.65 bits per heavy atom. The van der Waals surface area contributed by atoms with Crippen molar-refractivity contribution >= 4 is 23.4 Å². The number of benzene rings is 1. The lowest BCUT2D eigenvalue weighted by Crippen LogP contribution is -2.54. The molecule has 8 nitrogen and oxygen atoms in total. The Morgan fingerprint density at radius 2 is 1.88 bits per heavy atom. The van der Waals surface area contributed by atoms with Crippen molar-refractivity contribution in [2.45, 2.75) is 76.0 Å². The number of rotatable bonds is 6. The highest BCUT2D eigenvalue weighted by molar-refractivity contribution is 6.00. The van der Waals surface area contributed by atoms with E-state index in [1.807, 2.05) is 0 Å². The summed E-state index contributed by atoms with van der Waals surface area (Å²) in [5, 5.41) is 5.99. The monoisotopic (exact) mass is 469 g/mol. The number of fused-ring (bicyclic) bond motifs is 2. The van der Waals surface area contributed by atoms with Gasteiger partial charge in [-0.05, 0) is 62.6 Å². The fourth-order valence-corrected chi connectivity index (χ4v) is 5.40. The molecule has 0 aromatic heterocycles. The molecule has 2 aliphatic heterocycles. The Bertz CT molecular complexity index is 940. The third-order valence-corrected chi connectivity index (χ3v) is 7.70. The van der Waals surface area contributed by atoms with Gasteiger partial charge in [0.25, 0.3) is 5.91 Å². The molecule has 3 fully saturated rings. The van der Waals surface area contributed by atoms with Gasteiger partial charge in [-0.2, -0.15) is 0 Å². The van der Waals surface area contributed by atoms with Crippen molar-refractivity contribution in [2.75, 3.05) is 25.5 Å². The Labute approximate surface area is 200 Å². The second-order valence-electron chi connectivity index (χ2n) is 10.3. The average Bonchev–Trinajstić information content (AvgIpc) is 3.50. The molecule has 0 spiro atoms. The van der Waals surface area contributed by atoms with Crippen LogP contribution in [0.4, 0.5) is 5.69 Å². The normalized spacial score (nSPS) is 27.1. The summed E-state index contributed by atoms with van der Waals surface area (Å²) in [4.78, 5) is 39.9. The van der Waals surface area contributed by atoms with Crippen LogP contribution in [0.5, 0.6) is 5.75 Å². The molecule has 184 valence electrons. The highest BCUT2D eigenvalue weighted by atomic mass is 16.5. The van der Waals surface area contributed by atoms with Crippen LogP contribution in [-0.4, -0.2) is 61.1 Å². The first-order chi connectivity index (χ1) is 16.5. The first kappa shape index (κ1) is 23.1. The summed E-state index contributed by atoms with van der Waals surface area (Å²) < 4.78 is 12.3. The van der Waals surface area contributed by atoms with Gasteiger partial charge in [0, 0.05) is 25.2 Å². The quantitative estimate of drug-likeness (QED) is 0.667. The largest absolute Gasteiger partial charge is 0.490 e. The molecule has 3 amide bonds. The van der Waals surface area contributed by atoms with Gasteiger partial charge in [0.15, 0.2) is 0 Å². The summed E-state index contributed by atoms with van der Waals surface area (Å²) in [7, 11) is 1.80. The Morgan fingerprint density at radius 1 is 1.09 bits per heavy atom. The van der Waals surface area contributed by atoms with E-state index in [-0.39, 0.29) is 41.9 Å².